The largest absolute Gasteiger partial charge is 0.437 e. The topological polar surface area (TPSA) is 45.9 Å². The Labute approximate surface area is 126 Å². The van der Waals surface area contributed by atoms with Crippen LogP contribution in [0.5, 0.6) is 11.6 Å². The van der Waals surface area contributed by atoms with Gasteiger partial charge in [-0.1, -0.05) is 26.0 Å². The van der Waals surface area contributed by atoms with E-state index in [1.807, 2.05) is 39.0 Å². The second kappa shape index (κ2) is 5.97. The van der Waals surface area contributed by atoms with Gasteiger partial charge in [-0.25, -0.2) is 4.98 Å². The van der Waals surface area contributed by atoms with Gasteiger partial charge >= 0.3 is 0 Å². The lowest BCUT2D eigenvalue weighted by molar-refractivity contribution is 0.455. The van der Waals surface area contributed by atoms with Gasteiger partial charge in [0.15, 0.2) is 0 Å². The van der Waals surface area contributed by atoms with Crippen LogP contribution in [0.4, 0.5) is 0 Å². The quantitative estimate of drug-likeness (QED) is 0.811. The molecule has 0 saturated carbocycles. The van der Waals surface area contributed by atoms with Crippen molar-refractivity contribution in [2.45, 2.75) is 40.5 Å². The molecule has 0 fully saturated rings. The van der Waals surface area contributed by atoms with Gasteiger partial charge in [-0.05, 0) is 55.5 Å². The summed E-state index contributed by atoms with van der Waals surface area (Å²) in [6, 6.07) is 10.2. The summed E-state index contributed by atoms with van der Waals surface area (Å²) >= 11 is 0. The van der Waals surface area contributed by atoms with Gasteiger partial charge in [-0.3, -0.25) is 0 Å². The van der Waals surface area contributed by atoms with Crippen LogP contribution in [-0.2, 0) is 0 Å². The highest BCUT2D eigenvalue weighted by molar-refractivity contribution is 5.48. The molecule has 0 aliphatic rings. The molecule has 108 valence electrons. The van der Waals surface area contributed by atoms with E-state index in [-0.39, 0.29) is 0 Å². The van der Waals surface area contributed by atoms with Crippen molar-refractivity contribution in [2.24, 2.45) is 0 Å². The van der Waals surface area contributed by atoms with E-state index in [0.717, 1.165) is 22.6 Å². The van der Waals surface area contributed by atoms with E-state index in [9.17, 15) is 5.26 Å². The molecule has 2 aromatic rings. The Hall–Kier alpha value is -2.34. The molecule has 1 aromatic carbocycles. The van der Waals surface area contributed by atoms with Crippen molar-refractivity contribution in [3.8, 4) is 17.7 Å². The van der Waals surface area contributed by atoms with E-state index in [1.54, 1.807) is 0 Å². The fourth-order valence-electron chi connectivity index (χ4n) is 2.20. The van der Waals surface area contributed by atoms with Crippen molar-refractivity contribution < 1.29 is 4.74 Å². The maximum Gasteiger partial charge on any atom is 0.237 e. The van der Waals surface area contributed by atoms with E-state index >= 15 is 0 Å². The van der Waals surface area contributed by atoms with E-state index in [1.165, 1.54) is 5.56 Å². The molecule has 0 aliphatic heterocycles. The number of nitriles is 1. The van der Waals surface area contributed by atoms with Gasteiger partial charge in [-0.2, -0.15) is 5.26 Å². The Morgan fingerprint density at radius 1 is 1.10 bits per heavy atom. The number of aryl methyl sites for hydroxylation is 3. The molecule has 0 spiro atoms. The number of pyridine rings is 1. The zero-order valence-corrected chi connectivity index (χ0v) is 13.2. The van der Waals surface area contributed by atoms with Gasteiger partial charge in [0.1, 0.15) is 17.4 Å². The van der Waals surface area contributed by atoms with Crippen LogP contribution >= 0.6 is 0 Å². The summed E-state index contributed by atoms with van der Waals surface area (Å²) in [5, 5.41) is 9.31. The Morgan fingerprint density at radius 2 is 1.81 bits per heavy atom. The van der Waals surface area contributed by atoms with Crippen LogP contribution in [0.1, 0.15) is 47.7 Å². The van der Waals surface area contributed by atoms with Crippen LogP contribution in [0.15, 0.2) is 24.3 Å². The standard InChI is InChI=1S/C18H20N2O/c1-11(2)15-7-6-12(3)17(9-15)21-18-16(10-19)13(4)8-14(5)20-18/h6-9,11H,1-5H3. The number of aromatic nitrogens is 1. The smallest absolute Gasteiger partial charge is 0.237 e. The molecule has 0 aliphatic carbocycles. The Bertz CT molecular complexity index is 712. The van der Waals surface area contributed by atoms with Crippen LogP contribution in [0.2, 0.25) is 0 Å². The molecule has 0 atom stereocenters. The molecule has 3 heteroatoms. The van der Waals surface area contributed by atoms with Crippen LogP contribution in [0.3, 0.4) is 0 Å². The monoisotopic (exact) mass is 280 g/mol. The Morgan fingerprint density at radius 3 is 2.43 bits per heavy atom. The summed E-state index contributed by atoms with van der Waals surface area (Å²) in [4.78, 5) is 4.37. The summed E-state index contributed by atoms with van der Waals surface area (Å²) in [5.74, 6) is 1.57. The first-order valence-corrected chi connectivity index (χ1v) is 7.09. The van der Waals surface area contributed by atoms with Crippen molar-refractivity contribution in [3.05, 3.63) is 52.2 Å². The van der Waals surface area contributed by atoms with Crippen LogP contribution in [0, 0.1) is 32.1 Å². The molecule has 1 aromatic heterocycles. The van der Waals surface area contributed by atoms with E-state index < -0.39 is 0 Å². The Kier molecular flexibility index (Phi) is 4.28. The molecule has 21 heavy (non-hydrogen) atoms. The highest BCUT2D eigenvalue weighted by Gasteiger charge is 2.13. The average molecular weight is 280 g/mol. The molecular formula is C18H20N2O. The summed E-state index contributed by atoms with van der Waals surface area (Å²) in [7, 11) is 0. The van der Waals surface area contributed by atoms with E-state index in [2.05, 4.69) is 31.0 Å². The van der Waals surface area contributed by atoms with Crippen LogP contribution in [0.25, 0.3) is 0 Å². The molecule has 0 unspecified atom stereocenters. The van der Waals surface area contributed by atoms with Crippen molar-refractivity contribution in [1.82, 2.24) is 4.98 Å². The van der Waals surface area contributed by atoms with Gasteiger partial charge in [-0.15, -0.1) is 0 Å². The lowest BCUT2D eigenvalue weighted by Gasteiger charge is -2.14. The molecule has 1 heterocycles. The number of hydrogen-bond donors (Lipinski definition) is 0. The van der Waals surface area contributed by atoms with Crippen molar-refractivity contribution in [3.63, 3.8) is 0 Å². The van der Waals surface area contributed by atoms with Gasteiger partial charge in [0.05, 0.1) is 0 Å². The maximum atomic E-state index is 9.31. The molecule has 0 radical (unpaired) electrons. The number of nitrogens with zero attached hydrogens (tertiary/aromatic N) is 2. The zero-order chi connectivity index (χ0) is 15.6. The third-order valence-electron chi connectivity index (χ3n) is 3.51. The molecule has 0 saturated heterocycles. The second-order valence-electron chi connectivity index (χ2n) is 5.65. The normalized spacial score (nSPS) is 10.5. The molecular weight excluding hydrogens is 260 g/mol. The van der Waals surface area contributed by atoms with E-state index in [0.29, 0.717) is 17.4 Å². The first kappa shape index (κ1) is 15.1. The number of hydrogen-bond acceptors (Lipinski definition) is 3. The van der Waals surface area contributed by atoms with Gasteiger partial charge < -0.3 is 4.74 Å². The number of rotatable bonds is 3. The van der Waals surface area contributed by atoms with Gasteiger partial charge in [0.25, 0.3) is 0 Å². The third-order valence-corrected chi connectivity index (χ3v) is 3.51. The first-order valence-electron chi connectivity index (χ1n) is 7.09. The van der Waals surface area contributed by atoms with Gasteiger partial charge in [0.2, 0.25) is 5.88 Å². The summed E-state index contributed by atoms with van der Waals surface area (Å²) in [6.07, 6.45) is 0. The van der Waals surface area contributed by atoms with E-state index in [4.69, 9.17) is 4.74 Å². The minimum absolute atomic E-state index is 0.388. The first-order chi connectivity index (χ1) is 9.92. The third kappa shape index (κ3) is 3.22. The zero-order valence-electron chi connectivity index (χ0n) is 13.2. The lowest BCUT2D eigenvalue weighted by Crippen LogP contribution is -1.99. The molecule has 0 N–H and O–H groups in total. The van der Waals surface area contributed by atoms with Crippen molar-refractivity contribution >= 4 is 0 Å². The number of ether oxygens (including phenoxy) is 1. The summed E-state index contributed by atoms with van der Waals surface area (Å²) in [6.45, 7) is 10.1. The molecule has 0 bridgehead atoms. The van der Waals surface area contributed by atoms with Gasteiger partial charge in [0, 0.05) is 5.69 Å². The fourth-order valence-corrected chi connectivity index (χ4v) is 2.20. The SMILES string of the molecule is Cc1cc(C)c(C#N)c(Oc2cc(C(C)C)ccc2C)n1. The predicted octanol–water partition coefficient (Wildman–Crippen LogP) is 4.79. The highest BCUT2D eigenvalue weighted by Crippen LogP contribution is 2.30. The molecule has 0 amide bonds. The van der Waals surface area contributed by atoms with Crippen LogP contribution < -0.4 is 4.74 Å². The maximum absolute atomic E-state index is 9.31. The second-order valence-corrected chi connectivity index (χ2v) is 5.65. The lowest BCUT2D eigenvalue weighted by atomic mass is 10.0. The Balaban J connectivity index is 2.48. The molecule has 3 nitrogen and oxygen atoms in total. The summed E-state index contributed by atoms with van der Waals surface area (Å²) < 4.78 is 5.95. The van der Waals surface area contributed by atoms with Crippen LogP contribution in [-0.4, -0.2) is 4.98 Å². The minimum Gasteiger partial charge on any atom is -0.437 e. The van der Waals surface area contributed by atoms with Crippen molar-refractivity contribution in [1.29, 1.82) is 5.26 Å². The fraction of sp³-hybridized carbons (Fsp3) is 0.333. The predicted molar refractivity (Wildman–Crippen MR) is 83.8 cm³/mol. The number of benzene rings is 1. The van der Waals surface area contributed by atoms with Crippen molar-refractivity contribution in [2.75, 3.05) is 0 Å². The minimum atomic E-state index is 0.388. The molecule has 2 rings (SSSR count). The summed E-state index contributed by atoms with van der Waals surface area (Å²) in [5.41, 5.74) is 4.47. The average Bonchev–Trinajstić information content (AvgIpc) is 2.40. The highest BCUT2D eigenvalue weighted by atomic mass is 16.5.